The zero-order valence-electron chi connectivity index (χ0n) is 18.0. The van der Waals surface area contributed by atoms with E-state index in [-0.39, 0.29) is 36.2 Å². The SMILES string of the molecule is O=C1CCC(N2C(=O)c3ccc(C#CCNC(=O)C(=O)Nc4ccc(F)cc4)cc3C2=O)C(=O)N1. The summed E-state index contributed by atoms with van der Waals surface area (Å²) in [6.07, 6.45) is 0.0748. The summed E-state index contributed by atoms with van der Waals surface area (Å²) in [5, 5.41) is 6.75. The first kappa shape index (κ1) is 23.3. The fourth-order valence-corrected chi connectivity index (χ4v) is 3.62. The maximum absolute atomic E-state index is 12.9. The molecule has 0 radical (unpaired) electrons. The number of anilines is 1. The predicted octanol–water partition coefficient (Wildman–Crippen LogP) is 0.333. The second kappa shape index (κ2) is 9.56. The number of rotatable bonds is 3. The van der Waals surface area contributed by atoms with Gasteiger partial charge < -0.3 is 10.6 Å². The molecule has 2 heterocycles. The van der Waals surface area contributed by atoms with Crippen molar-refractivity contribution in [2.24, 2.45) is 0 Å². The molecular formula is C24H17FN4O6. The van der Waals surface area contributed by atoms with Crippen molar-refractivity contribution in [1.82, 2.24) is 15.5 Å². The Morgan fingerprint density at radius 3 is 2.43 bits per heavy atom. The van der Waals surface area contributed by atoms with Crippen molar-refractivity contribution < 1.29 is 33.2 Å². The number of hydrogen-bond acceptors (Lipinski definition) is 6. The zero-order valence-corrected chi connectivity index (χ0v) is 18.0. The molecule has 11 heteroatoms. The molecule has 0 saturated carbocycles. The number of carbonyl (C=O) groups excluding carboxylic acids is 6. The molecule has 2 aliphatic heterocycles. The lowest BCUT2D eigenvalue weighted by Gasteiger charge is -2.27. The third-order valence-electron chi connectivity index (χ3n) is 5.32. The summed E-state index contributed by atoms with van der Waals surface area (Å²) in [4.78, 5) is 73.6. The van der Waals surface area contributed by atoms with Gasteiger partial charge in [0.15, 0.2) is 0 Å². The van der Waals surface area contributed by atoms with E-state index >= 15 is 0 Å². The lowest BCUT2D eigenvalue weighted by molar-refractivity contribution is -0.136. The fraction of sp³-hybridized carbons (Fsp3) is 0.167. The van der Waals surface area contributed by atoms with Crippen LogP contribution in [0.1, 0.15) is 39.1 Å². The van der Waals surface area contributed by atoms with Crippen LogP contribution in [0.4, 0.5) is 10.1 Å². The van der Waals surface area contributed by atoms with E-state index in [9.17, 15) is 33.2 Å². The monoisotopic (exact) mass is 476 g/mol. The van der Waals surface area contributed by atoms with Crippen LogP contribution in [0.15, 0.2) is 42.5 Å². The van der Waals surface area contributed by atoms with E-state index in [4.69, 9.17) is 0 Å². The number of imide groups is 2. The summed E-state index contributed by atoms with van der Waals surface area (Å²) < 4.78 is 12.9. The Bertz CT molecular complexity index is 1340. The fourth-order valence-electron chi connectivity index (χ4n) is 3.62. The lowest BCUT2D eigenvalue weighted by Crippen LogP contribution is -2.54. The number of fused-ring (bicyclic) bond motifs is 1. The Balaban J connectivity index is 1.37. The van der Waals surface area contributed by atoms with E-state index in [2.05, 4.69) is 27.8 Å². The summed E-state index contributed by atoms with van der Waals surface area (Å²) in [5.41, 5.74) is 0.826. The van der Waals surface area contributed by atoms with Crippen LogP contribution in [-0.2, 0) is 19.2 Å². The molecule has 1 unspecified atom stereocenters. The second-order valence-corrected chi connectivity index (χ2v) is 7.65. The minimum Gasteiger partial charge on any atom is -0.337 e. The van der Waals surface area contributed by atoms with Crippen molar-refractivity contribution in [3.05, 3.63) is 65.0 Å². The molecule has 6 amide bonds. The van der Waals surface area contributed by atoms with Gasteiger partial charge in [-0.05, 0) is 48.9 Å². The summed E-state index contributed by atoms with van der Waals surface area (Å²) in [6.45, 7) is -0.179. The number of nitrogens with zero attached hydrogens (tertiary/aromatic N) is 1. The van der Waals surface area contributed by atoms with Crippen LogP contribution >= 0.6 is 0 Å². The highest BCUT2D eigenvalue weighted by atomic mass is 19.1. The van der Waals surface area contributed by atoms with Gasteiger partial charge in [-0.25, -0.2) is 4.39 Å². The summed E-state index contributed by atoms with van der Waals surface area (Å²) in [5.74, 6) is 0.544. The Kier molecular flexibility index (Phi) is 6.37. The smallest absolute Gasteiger partial charge is 0.313 e. The first-order chi connectivity index (χ1) is 16.7. The third kappa shape index (κ3) is 4.91. The van der Waals surface area contributed by atoms with E-state index in [0.717, 1.165) is 17.0 Å². The van der Waals surface area contributed by atoms with Crippen LogP contribution in [0.25, 0.3) is 0 Å². The number of hydrogen-bond donors (Lipinski definition) is 3. The van der Waals surface area contributed by atoms with Crippen LogP contribution in [0.3, 0.4) is 0 Å². The largest absolute Gasteiger partial charge is 0.337 e. The maximum atomic E-state index is 12.9. The van der Waals surface area contributed by atoms with E-state index in [1.165, 1.54) is 30.3 Å². The Morgan fingerprint density at radius 1 is 1.00 bits per heavy atom. The van der Waals surface area contributed by atoms with Gasteiger partial charge in [0, 0.05) is 17.7 Å². The minimum atomic E-state index is -1.06. The predicted molar refractivity (Wildman–Crippen MR) is 118 cm³/mol. The molecule has 4 rings (SSSR count). The van der Waals surface area contributed by atoms with Crippen LogP contribution in [0.2, 0.25) is 0 Å². The molecule has 1 atom stereocenters. The van der Waals surface area contributed by atoms with Gasteiger partial charge in [-0.3, -0.25) is 39.0 Å². The van der Waals surface area contributed by atoms with Gasteiger partial charge in [0.05, 0.1) is 17.7 Å². The van der Waals surface area contributed by atoms with Crippen molar-refractivity contribution in [2.75, 3.05) is 11.9 Å². The number of benzene rings is 2. The van der Waals surface area contributed by atoms with Crippen molar-refractivity contribution in [3.63, 3.8) is 0 Å². The molecule has 10 nitrogen and oxygen atoms in total. The first-order valence-corrected chi connectivity index (χ1v) is 10.4. The third-order valence-corrected chi connectivity index (χ3v) is 5.32. The van der Waals surface area contributed by atoms with Crippen molar-refractivity contribution in [2.45, 2.75) is 18.9 Å². The molecule has 1 fully saturated rings. The van der Waals surface area contributed by atoms with Gasteiger partial charge in [0.1, 0.15) is 11.9 Å². The minimum absolute atomic E-state index is 0.0220. The number of halogens is 1. The Labute approximate surface area is 197 Å². The Morgan fingerprint density at radius 2 is 1.71 bits per heavy atom. The molecule has 0 spiro atoms. The summed E-state index contributed by atoms with van der Waals surface area (Å²) in [7, 11) is 0. The van der Waals surface area contributed by atoms with E-state index < -0.39 is 47.3 Å². The van der Waals surface area contributed by atoms with E-state index in [0.29, 0.717) is 5.56 Å². The molecular weight excluding hydrogens is 459 g/mol. The number of amides is 6. The standard InChI is InChI=1S/C24H17FN4O6/c25-14-4-6-15(7-5-14)27-22(33)21(32)26-11-1-2-13-3-8-16-17(12-13)24(35)29(23(16)34)18-9-10-19(30)28-20(18)31/h3-8,12,18H,9-11H2,(H,26,32)(H,27,33)(H,28,30,31). The molecule has 3 N–H and O–H groups in total. The summed E-state index contributed by atoms with van der Waals surface area (Å²) >= 11 is 0. The molecule has 176 valence electrons. The quantitative estimate of drug-likeness (QED) is 0.331. The number of piperidine rings is 1. The van der Waals surface area contributed by atoms with Crippen LogP contribution in [0, 0.1) is 17.7 Å². The first-order valence-electron chi connectivity index (χ1n) is 10.4. The average Bonchev–Trinajstić information content (AvgIpc) is 3.07. The van der Waals surface area contributed by atoms with Crippen LogP contribution in [-0.4, -0.2) is 52.9 Å². The van der Waals surface area contributed by atoms with Crippen LogP contribution < -0.4 is 16.0 Å². The molecule has 2 aliphatic rings. The van der Waals surface area contributed by atoms with Crippen LogP contribution in [0.5, 0.6) is 0 Å². The zero-order chi connectivity index (χ0) is 25.1. The molecule has 0 aromatic heterocycles. The van der Waals surface area contributed by atoms with E-state index in [1.54, 1.807) is 0 Å². The lowest BCUT2D eigenvalue weighted by atomic mass is 10.0. The molecule has 2 aromatic carbocycles. The molecule has 35 heavy (non-hydrogen) atoms. The second-order valence-electron chi connectivity index (χ2n) is 7.65. The number of nitrogens with one attached hydrogen (secondary N) is 3. The van der Waals surface area contributed by atoms with Gasteiger partial charge in [-0.2, -0.15) is 0 Å². The molecule has 0 bridgehead atoms. The van der Waals surface area contributed by atoms with Crippen molar-refractivity contribution in [3.8, 4) is 11.8 Å². The average molecular weight is 476 g/mol. The van der Waals surface area contributed by atoms with Crippen molar-refractivity contribution >= 4 is 41.1 Å². The molecule has 2 aromatic rings. The molecule has 1 saturated heterocycles. The normalized spacial score (nSPS) is 16.7. The Hall–Kier alpha value is -4.85. The van der Waals surface area contributed by atoms with Gasteiger partial charge in [-0.15, -0.1) is 0 Å². The van der Waals surface area contributed by atoms with Crippen molar-refractivity contribution in [1.29, 1.82) is 0 Å². The van der Waals surface area contributed by atoms with E-state index in [1.807, 2.05) is 0 Å². The maximum Gasteiger partial charge on any atom is 0.313 e. The molecule has 0 aliphatic carbocycles. The number of carbonyl (C=O) groups is 6. The highest BCUT2D eigenvalue weighted by Crippen LogP contribution is 2.28. The van der Waals surface area contributed by atoms with Gasteiger partial charge >= 0.3 is 11.8 Å². The van der Waals surface area contributed by atoms with Gasteiger partial charge in [0.25, 0.3) is 11.8 Å². The van der Waals surface area contributed by atoms with Gasteiger partial charge in [-0.1, -0.05) is 11.8 Å². The summed E-state index contributed by atoms with van der Waals surface area (Å²) in [6, 6.07) is 8.15. The topological polar surface area (TPSA) is 142 Å². The highest BCUT2D eigenvalue weighted by Gasteiger charge is 2.44. The van der Waals surface area contributed by atoms with Gasteiger partial charge in [0.2, 0.25) is 11.8 Å². The highest BCUT2D eigenvalue weighted by molar-refractivity contribution is 6.39.